The van der Waals surface area contributed by atoms with Gasteiger partial charge in [-0.2, -0.15) is 18.3 Å². The highest BCUT2D eigenvalue weighted by molar-refractivity contribution is 5.95. The van der Waals surface area contributed by atoms with Crippen LogP contribution >= 0.6 is 0 Å². The van der Waals surface area contributed by atoms with Crippen molar-refractivity contribution in [3.05, 3.63) is 17.5 Å². The van der Waals surface area contributed by atoms with Crippen LogP contribution in [0.1, 0.15) is 82.3 Å². The summed E-state index contributed by atoms with van der Waals surface area (Å²) in [4.78, 5) is 12.6. The van der Waals surface area contributed by atoms with Crippen LogP contribution in [0.5, 0.6) is 0 Å². The van der Waals surface area contributed by atoms with Gasteiger partial charge in [0.1, 0.15) is 0 Å². The minimum Gasteiger partial charge on any atom is -0.349 e. The molecule has 1 unspecified atom stereocenters. The number of nitrogens with zero attached hydrogens (tertiary/aromatic N) is 2. The van der Waals surface area contributed by atoms with E-state index < -0.39 is 23.3 Å². The predicted molar refractivity (Wildman–Crippen MR) is 96.8 cm³/mol. The summed E-state index contributed by atoms with van der Waals surface area (Å²) in [5.74, 6) is -0.0303. The number of amides is 1. The van der Waals surface area contributed by atoms with Crippen LogP contribution in [0.4, 0.5) is 13.2 Å². The Morgan fingerprint density at radius 2 is 1.88 bits per heavy atom. The van der Waals surface area contributed by atoms with Gasteiger partial charge < -0.3 is 5.32 Å². The summed E-state index contributed by atoms with van der Waals surface area (Å²) in [5, 5.41) is 6.27. The van der Waals surface area contributed by atoms with E-state index in [2.05, 4.69) is 38.1 Å². The normalized spacial score (nSPS) is 14.5. The molecule has 0 saturated carbocycles. The molecule has 4 nitrogen and oxygen atoms in total. The van der Waals surface area contributed by atoms with Crippen molar-refractivity contribution in [3.63, 3.8) is 0 Å². The maximum Gasteiger partial charge on any atom is 0.435 e. The van der Waals surface area contributed by atoms with Gasteiger partial charge in [-0.3, -0.25) is 9.48 Å². The largest absolute Gasteiger partial charge is 0.435 e. The van der Waals surface area contributed by atoms with Gasteiger partial charge in [0, 0.05) is 19.3 Å². The number of rotatable bonds is 10. The highest BCUT2D eigenvalue weighted by atomic mass is 19.4. The Bertz CT molecular complexity index is 567. The number of aromatic nitrogens is 2. The van der Waals surface area contributed by atoms with Gasteiger partial charge in [-0.15, -0.1) is 0 Å². The van der Waals surface area contributed by atoms with Crippen LogP contribution in [0.2, 0.25) is 0 Å². The van der Waals surface area contributed by atoms with E-state index in [4.69, 9.17) is 0 Å². The molecule has 0 spiro atoms. The minimum atomic E-state index is -4.64. The van der Waals surface area contributed by atoms with E-state index in [1.165, 1.54) is 7.05 Å². The van der Waals surface area contributed by atoms with Gasteiger partial charge in [-0.05, 0) is 24.7 Å². The second-order valence-electron chi connectivity index (χ2n) is 7.60. The smallest absolute Gasteiger partial charge is 0.349 e. The lowest BCUT2D eigenvalue weighted by Gasteiger charge is -2.26. The van der Waals surface area contributed by atoms with E-state index in [0.29, 0.717) is 5.92 Å². The Kier molecular flexibility index (Phi) is 8.63. The Morgan fingerprint density at radius 3 is 2.42 bits per heavy atom. The van der Waals surface area contributed by atoms with E-state index in [1.54, 1.807) is 0 Å². The molecule has 150 valence electrons. The topological polar surface area (TPSA) is 46.9 Å². The molecule has 0 aliphatic rings. The Labute approximate surface area is 154 Å². The third-order valence-corrected chi connectivity index (χ3v) is 4.56. The Balaban J connectivity index is 2.90. The molecule has 0 saturated heterocycles. The first-order valence-corrected chi connectivity index (χ1v) is 9.47. The summed E-state index contributed by atoms with van der Waals surface area (Å²) >= 11 is 0. The summed E-state index contributed by atoms with van der Waals surface area (Å²) in [7, 11) is 1.38. The average molecular weight is 375 g/mol. The molecule has 1 heterocycles. The number of hydrogen-bond donors (Lipinski definition) is 1. The van der Waals surface area contributed by atoms with Gasteiger partial charge in [0.15, 0.2) is 5.69 Å². The summed E-state index contributed by atoms with van der Waals surface area (Å²) in [6.07, 6.45) is 2.45. The van der Waals surface area contributed by atoms with Crippen molar-refractivity contribution in [2.45, 2.75) is 78.4 Å². The van der Waals surface area contributed by atoms with Gasteiger partial charge in [0.2, 0.25) is 0 Å². The molecule has 0 aliphatic carbocycles. The van der Waals surface area contributed by atoms with Gasteiger partial charge in [-0.1, -0.05) is 53.4 Å². The van der Waals surface area contributed by atoms with Crippen LogP contribution in [0, 0.1) is 11.8 Å². The zero-order valence-corrected chi connectivity index (χ0v) is 16.5. The number of aryl methyl sites for hydroxylation is 1. The van der Waals surface area contributed by atoms with Gasteiger partial charge in [0.05, 0.1) is 5.56 Å². The molecule has 0 aliphatic heterocycles. The first-order chi connectivity index (χ1) is 12.1. The molecule has 0 radical (unpaired) electrons. The van der Waals surface area contributed by atoms with Crippen molar-refractivity contribution in [2.24, 2.45) is 18.9 Å². The fourth-order valence-corrected chi connectivity index (χ4v) is 3.31. The molecule has 7 heteroatoms. The molecule has 0 fully saturated rings. The highest BCUT2D eigenvalue weighted by Gasteiger charge is 2.39. The molecule has 1 N–H and O–H groups in total. The van der Waals surface area contributed by atoms with E-state index in [1.807, 2.05) is 0 Å². The summed E-state index contributed by atoms with van der Waals surface area (Å²) in [6, 6.07) is -0.136. The van der Waals surface area contributed by atoms with Gasteiger partial charge in [0.25, 0.3) is 5.91 Å². The van der Waals surface area contributed by atoms with Crippen molar-refractivity contribution in [1.82, 2.24) is 15.1 Å². The summed E-state index contributed by atoms with van der Waals surface area (Å²) in [6.45, 7) is 8.39. The van der Waals surface area contributed by atoms with E-state index in [0.717, 1.165) is 49.4 Å². The van der Waals surface area contributed by atoms with E-state index in [9.17, 15) is 18.0 Å². The zero-order chi connectivity index (χ0) is 19.9. The molecule has 26 heavy (non-hydrogen) atoms. The summed E-state index contributed by atoms with van der Waals surface area (Å²) in [5.41, 5.74) is -1.53. The molecule has 1 rings (SSSR count). The molecular formula is C19H32F3N3O. The van der Waals surface area contributed by atoms with E-state index >= 15 is 0 Å². The summed E-state index contributed by atoms with van der Waals surface area (Å²) < 4.78 is 40.4. The van der Waals surface area contributed by atoms with Crippen LogP contribution in [0.15, 0.2) is 6.20 Å². The molecule has 0 bridgehead atoms. The fraction of sp³-hybridized carbons (Fsp3) is 0.789. The zero-order valence-electron chi connectivity index (χ0n) is 16.5. The van der Waals surface area contributed by atoms with Crippen molar-refractivity contribution in [2.75, 3.05) is 0 Å². The standard InChI is InChI=1S/C19H32F3N3O/c1-6-7-8-9-10-16(14(4)11-13(2)3)23-18(26)15-12-25(5)24-17(15)19(20,21)22/h12-14,16H,6-11H2,1-5H3,(H,23,26)/t14-,16?/m1/s1. The Morgan fingerprint density at radius 1 is 1.23 bits per heavy atom. The monoisotopic (exact) mass is 375 g/mol. The fourth-order valence-electron chi connectivity index (χ4n) is 3.31. The maximum atomic E-state index is 13.1. The van der Waals surface area contributed by atoms with Crippen LogP contribution in [-0.2, 0) is 13.2 Å². The number of hydrogen-bond acceptors (Lipinski definition) is 2. The van der Waals surface area contributed by atoms with Crippen molar-refractivity contribution >= 4 is 5.91 Å². The number of halogens is 3. The molecule has 2 atom stereocenters. The van der Waals surface area contributed by atoms with Crippen molar-refractivity contribution in [1.29, 1.82) is 0 Å². The third kappa shape index (κ3) is 7.00. The first-order valence-electron chi connectivity index (χ1n) is 9.47. The minimum absolute atomic E-state index is 0.136. The second-order valence-corrected chi connectivity index (χ2v) is 7.60. The van der Waals surface area contributed by atoms with Gasteiger partial charge in [-0.25, -0.2) is 0 Å². The third-order valence-electron chi connectivity index (χ3n) is 4.56. The van der Waals surface area contributed by atoms with Crippen LogP contribution in [0.3, 0.4) is 0 Å². The molecule has 0 aromatic carbocycles. The number of carbonyl (C=O) groups excluding carboxylic acids is 1. The van der Waals surface area contributed by atoms with Crippen LogP contribution in [0.25, 0.3) is 0 Å². The van der Waals surface area contributed by atoms with E-state index in [-0.39, 0.29) is 12.0 Å². The first kappa shape index (κ1) is 22.5. The number of alkyl halides is 3. The highest BCUT2D eigenvalue weighted by Crippen LogP contribution is 2.31. The molecule has 1 aromatic heterocycles. The quantitative estimate of drug-likeness (QED) is 0.572. The number of unbranched alkanes of at least 4 members (excludes halogenated alkanes) is 3. The maximum absolute atomic E-state index is 13.1. The van der Waals surface area contributed by atoms with Crippen LogP contribution < -0.4 is 5.32 Å². The van der Waals surface area contributed by atoms with Gasteiger partial charge >= 0.3 is 6.18 Å². The predicted octanol–water partition coefficient (Wildman–Crippen LogP) is 5.19. The lowest BCUT2D eigenvalue weighted by molar-refractivity contribution is -0.141. The molecule has 1 aromatic rings. The number of nitrogens with one attached hydrogen (secondary N) is 1. The van der Waals surface area contributed by atoms with Crippen LogP contribution in [-0.4, -0.2) is 21.7 Å². The number of carbonyl (C=O) groups is 1. The second kappa shape index (κ2) is 9.97. The Hall–Kier alpha value is -1.53. The SMILES string of the molecule is CCCCCCC(NC(=O)c1cn(C)nc1C(F)(F)F)[C@H](C)CC(C)C. The van der Waals surface area contributed by atoms with Crippen molar-refractivity contribution in [3.8, 4) is 0 Å². The van der Waals surface area contributed by atoms with Crippen molar-refractivity contribution < 1.29 is 18.0 Å². The molecular weight excluding hydrogens is 343 g/mol. The lowest BCUT2D eigenvalue weighted by atomic mass is 9.88. The average Bonchev–Trinajstić information content (AvgIpc) is 2.91. The lowest BCUT2D eigenvalue weighted by Crippen LogP contribution is -2.40. The molecule has 1 amide bonds.